The molecule has 1 unspecified atom stereocenters. The van der Waals surface area contributed by atoms with E-state index in [1.54, 1.807) is 31.2 Å². The predicted octanol–water partition coefficient (Wildman–Crippen LogP) is 4.84. The van der Waals surface area contributed by atoms with Crippen LogP contribution >= 0.6 is 0 Å². The molecule has 1 heterocycles. The van der Waals surface area contributed by atoms with Crippen LogP contribution in [-0.4, -0.2) is 28.2 Å². The van der Waals surface area contributed by atoms with E-state index in [9.17, 15) is 14.0 Å². The third-order valence-electron chi connectivity index (χ3n) is 4.63. The summed E-state index contributed by atoms with van der Waals surface area (Å²) >= 11 is 0. The van der Waals surface area contributed by atoms with E-state index < -0.39 is 17.8 Å². The van der Waals surface area contributed by atoms with Crippen LogP contribution in [-0.2, 0) is 4.74 Å². The molecule has 0 aliphatic rings. The van der Waals surface area contributed by atoms with E-state index in [2.05, 4.69) is 15.5 Å². The lowest BCUT2D eigenvalue weighted by atomic mass is 9.90. The second-order valence-corrected chi connectivity index (χ2v) is 7.85. The molecule has 2 amide bonds. The number of hydrogen-bond acceptors (Lipinski definition) is 6. The fraction of sp³-hybridized carbons (Fsp3) is 0.273. The first-order chi connectivity index (χ1) is 14.1. The molecule has 3 rings (SSSR count). The Hall–Kier alpha value is -3.55. The van der Waals surface area contributed by atoms with E-state index in [0.717, 1.165) is 0 Å². The minimum atomic E-state index is -0.825. The summed E-state index contributed by atoms with van der Waals surface area (Å²) < 4.78 is 24.3. The van der Waals surface area contributed by atoms with Crippen LogP contribution in [0.4, 0.5) is 9.18 Å². The fourth-order valence-corrected chi connectivity index (χ4v) is 2.42. The SMILES string of the molecule is CC(OC(=O)NC(=O)c1cccc(-c2noc(-c3ccccc3F)n2)c1)C(C)(C)C. The van der Waals surface area contributed by atoms with Crippen LogP contribution in [0.15, 0.2) is 53.1 Å². The van der Waals surface area contributed by atoms with Gasteiger partial charge >= 0.3 is 6.09 Å². The summed E-state index contributed by atoms with van der Waals surface area (Å²) in [6, 6.07) is 12.4. The first kappa shape index (κ1) is 21.2. The van der Waals surface area contributed by atoms with Gasteiger partial charge in [0.15, 0.2) is 0 Å². The number of nitrogens with zero attached hydrogens (tertiary/aromatic N) is 2. The van der Waals surface area contributed by atoms with E-state index in [1.807, 2.05) is 20.8 Å². The lowest BCUT2D eigenvalue weighted by Crippen LogP contribution is -2.37. The Labute approximate surface area is 173 Å². The number of aromatic nitrogens is 2. The first-order valence-corrected chi connectivity index (χ1v) is 9.36. The Morgan fingerprint density at radius 2 is 1.87 bits per heavy atom. The Bertz CT molecular complexity index is 1070. The zero-order valence-corrected chi connectivity index (χ0v) is 17.1. The van der Waals surface area contributed by atoms with Crippen LogP contribution in [0, 0.1) is 11.2 Å². The summed E-state index contributed by atoms with van der Waals surface area (Å²) in [7, 11) is 0. The van der Waals surface area contributed by atoms with Crippen molar-refractivity contribution in [3.63, 3.8) is 0 Å². The highest BCUT2D eigenvalue weighted by molar-refractivity contribution is 6.03. The Kier molecular flexibility index (Phi) is 5.96. The third-order valence-corrected chi connectivity index (χ3v) is 4.63. The molecule has 0 spiro atoms. The van der Waals surface area contributed by atoms with Crippen molar-refractivity contribution in [2.75, 3.05) is 0 Å². The van der Waals surface area contributed by atoms with Gasteiger partial charge in [-0.1, -0.05) is 50.2 Å². The first-order valence-electron chi connectivity index (χ1n) is 9.36. The highest BCUT2D eigenvalue weighted by atomic mass is 19.1. The zero-order chi connectivity index (χ0) is 21.9. The number of alkyl carbamates (subject to hydrolysis) is 1. The number of ether oxygens (including phenoxy) is 1. The Morgan fingerprint density at radius 1 is 1.13 bits per heavy atom. The van der Waals surface area contributed by atoms with Gasteiger partial charge in [0.1, 0.15) is 11.9 Å². The molecule has 0 aliphatic carbocycles. The molecule has 0 radical (unpaired) electrons. The predicted molar refractivity (Wildman–Crippen MR) is 108 cm³/mol. The van der Waals surface area contributed by atoms with Crippen molar-refractivity contribution in [1.82, 2.24) is 15.5 Å². The van der Waals surface area contributed by atoms with Crippen molar-refractivity contribution in [3.05, 3.63) is 59.9 Å². The summed E-state index contributed by atoms with van der Waals surface area (Å²) in [5.41, 5.74) is 0.617. The van der Waals surface area contributed by atoms with E-state index in [-0.39, 0.29) is 34.4 Å². The Balaban J connectivity index is 1.74. The number of amides is 2. The van der Waals surface area contributed by atoms with Gasteiger partial charge in [-0.05, 0) is 36.6 Å². The molecule has 0 fully saturated rings. The number of nitrogens with one attached hydrogen (secondary N) is 1. The molecule has 0 bridgehead atoms. The fourth-order valence-electron chi connectivity index (χ4n) is 2.42. The van der Waals surface area contributed by atoms with Crippen LogP contribution in [0.5, 0.6) is 0 Å². The highest BCUT2D eigenvalue weighted by Crippen LogP contribution is 2.25. The summed E-state index contributed by atoms with van der Waals surface area (Å²) in [4.78, 5) is 28.6. The molecular weight excluding hydrogens is 389 g/mol. The molecule has 2 aromatic carbocycles. The number of carbonyl (C=O) groups is 2. The molecule has 0 saturated heterocycles. The van der Waals surface area contributed by atoms with Crippen molar-refractivity contribution in [2.24, 2.45) is 5.41 Å². The maximum Gasteiger partial charge on any atom is 0.414 e. The minimum Gasteiger partial charge on any atom is -0.446 e. The molecule has 1 N–H and O–H groups in total. The zero-order valence-electron chi connectivity index (χ0n) is 17.1. The Morgan fingerprint density at radius 3 is 2.57 bits per heavy atom. The molecule has 8 heteroatoms. The molecule has 3 aromatic rings. The second-order valence-electron chi connectivity index (χ2n) is 7.85. The maximum atomic E-state index is 13.9. The second kappa shape index (κ2) is 8.44. The largest absolute Gasteiger partial charge is 0.446 e. The number of halogens is 1. The topological polar surface area (TPSA) is 94.3 Å². The van der Waals surface area contributed by atoms with Crippen LogP contribution in [0.2, 0.25) is 0 Å². The van der Waals surface area contributed by atoms with E-state index >= 15 is 0 Å². The van der Waals surface area contributed by atoms with Gasteiger partial charge in [-0.3, -0.25) is 10.1 Å². The highest BCUT2D eigenvalue weighted by Gasteiger charge is 2.25. The molecule has 7 nitrogen and oxygen atoms in total. The average Bonchev–Trinajstić information content (AvgIpc) is 3.17. The average molecular weight is 411 g/mol. The molecule has 156 valence electrons. The quantitative estimate of drug-likeness (QED) is 0.660. The van der Waals surface area contributed by atoms with Crippen LogP contribution in [0.25, 0.3) is 22.8 Å². The van der Waals surface area contributed by atoms with Crippen molar-refractivity contribution < 1.29 is 23.2 Å². The monoisotopic (exact) mass is 411 g/mol. The van der Waals surface area contributed by atoms with Crippen molar-refractivity contribution >= 4 is 12.0 Å². The normalized spacial score (nSPS) is 12.3. The van der Waals surface area contributed by atoms with Gasteiger partial charge < -0.3 is 9.26 Å². The molecular formula is C22H22FN3O4. The van der Waals surface area contributed by atoms with Gasteiger partial charge in [0.25, 0.3) is 11.8 Å². The standard InChI is InChI=1S/C22H22FN3O4/c1-13(22(2,3)4)29-21(28)25-19(27)15-9-7-8-14(12-15)18-24-20(30-26-18)16-10-5-6-11-17(16)23/h5-13H,1-4H3,(H,25,27,28). The van der Waals surface area contributed by atoms with Gasteiger partial charge in [-0.25, -0.2) is 9.18 Å². The number of rotatable bonds is 4. The van der Waals surface area contributed by atoms with Crippen molar-refractivity contribution in [2.45, 2.75) is 33.8 Å². The number of imide groups is 1. The molecule has 0 saturated carbocycles. The molecule has 30 heavy (non-hydrogen) atoms. The van der Waals surface area contributed by atoms with Crippen molar-refractivity contribution in [1.29, 1.82) is 0 Å². The van der Waals surface area contributed by atoms with Crippen LogP contribution in [0.3, 0.4) is 0 Å². The maximum absolute atomic E-state index is 13.9. The smallest absolute Gasteiger partial charge is 0.414 e. The summed E-state index contributed by atoms with van der Waals surface area (Å²) in [5, 5.41) is 6.06. The van der Waals surface area contributed by atoms with E-state index in [1.165, 1.54) is 24.3 Å². The van der Waals surface area contributed by atoms with E-state index in [4.69, 9.17) is 9.26 Å². The number of benzene rings is 2. The lowest BCUT2D eigenvalue weighted by Gasteiger charge is -2.26. The van der Waals surface area contributed by atoms with Gasteiger partial charge in [-0.2, -0.15) is 4.98 Å². The van der Waals surface area contributed by atoms with Crippen LogP contribution < -0.4 is 5.32 Å². The van der Waals surface area contributed by atoms with Gasteiger partial charge in [0.05, 0.1) is 5.56 Å². The van der Waals surface area contributed by atoms with Gasteiger partial charge in [-0.15, -0.1) is 0 Å². The molecule has 1 aromatic heterocycles. The van der Waals surface area contributed by atoms with Gasteiger partial charge in [0.2, 0.25) is 5.82 Å². The third kappa shape index (κ3) is 4.89. The number of carbonyl (C=O) groups excluding carboxylic acids is 2. The van der Waals surface area contributed by atoms with Gasteiger partial charge in [0, 0.05) is 11.1 Å². The summed E-state index contributed by atoms with van der Waals surface area (Å²) in [6.07, 6.45) is -1.21. The minimum absolute atomic E-state index is 0.0256. The molecule has 1 atom stereocenters. The lowest BCUT2D eigenvalue weighted by molar-refractivity contribution is 0.0427. The van der Waals surface area contributed by atoms with Crippen molar-refractivity contribution in [3.8, 4) is 22.8 Å². The summed E-state index contributed by atoms with van der Waals surface area (Å²) in [6.45, 7) is 7.54. The van der Waals surface area contributed by atoms with E-state index in [0.29, 0.717) is 5.56 Å². The van der Waals surface area contributed by atoms with Crippen LogP contribution in [0.1, 0.15) is 38.1 Å². The number of hydrogen-bond donors (Lipinski definition) is 1. The molecule has 0 aliphatic heterocycles. The summed E-state index contributed by atoms with van der Waals surface area (Å²) in [5.74, 6) is -0.894.